The molecule has 1 atom stereocenters. The highest BCUT2D eigenvalue weighted by atomic mass is 32.2. The second-order valence-electron chi connectivity index (χ2n) is 9.06. The number of H-pyrrole nitrogens is 1. The molecule has 2 heterocycles. The summed E-state index contributed by atoms with van der Waals surface area (Å²) in [5, 5.41) is 11.7. The maximum Gasteiger partial charge on any atom is 0.348 e. The molecule has 13 nitrogen and oxygen atoms in total. The van der Waals surface area contributed by atoms with Crippen molar-refractivity contribution in [1.29, 1.82) is 0 Å². The first kappa shape index (κ1) is 25.3. The Labute approximate surface area is 196 Å². The van der Waals surface area contributed by atoms with Gasteiger partial charge in [-0.1, -0.05) is 20.8 Å². The number of hydrogen-bond acceptors (Lipinski definition) is 8. The molecule has 2 aromatic heterocycles. The molecule has 3 rings (SSSR count). The SMILES string of the molecule is C[Si](C)OC(c1cn(-c2cc3c(=O)n(NS(C)(=O)=O)c(=O)[nH]c3cc2[N+](=O)[O-])cn1)C(C)(C)C. The summed E-state index contributed by atoms with van der Waals surface area (Å²) in [6, 6.07) is 2.26. The Morgan fingerprint density at radius 3 is 2.44 bits per heavy atom. The Hall–Kier alpha value is -3.30. The van der Waals surface area contributed by atoms with Gasteiger partial charge in [0.15, 0.2) is 0 Å². The molecule has 0 fully saturated rings. The van der Waals surface area contributed by atoms with Crippen molar-refractivity contribution >= 4 is 35.7 Å². The number of imidazole rings is 1. The van der Waals surface area contributed by atoms with Crippen molar-refractivity contribution in [3.8, 4) is 5.69 Å². The van der Waals surface area contributed by atoms with Crippen LogP contribution in [-0.4, -0.2) is 47.8 Å². The summed E-state index contributed by atoms with van der Waals surface area (Å²) >= 11 is 0. The normalized spacial score (nSPS) is 13.4. The average Bonchev–Trinajstić information content (AvgIpc) is 3.16. The molecule has 0 saturated heterocycles. The van der Waals surface area contributed by atoms with E-state index >= 15 is 0 Å². The van der Waals surface area contributed by atoms with Gasteiger partial charge >= 0.3 is 5.69 Å². The highest BCUT2D eigenvalue weighted by Gasteiger charge is 2.31. The molecular weight excluding hydrogens is 484 g/mol. The number of nitrogens with one attached hydrogen (secondary N) is 2. The van der Waals surface area contributed by atoms with Crippen molar-refractivity contribution in [3.05, 3.63) is 61.3 Å². The fraction of sp³-hybridized carbons (Fsp3) is 0.421. The smallest absolute Gasteiger partial charge is 0.348 e. The summed E-state index contributed by atoms with van der Waals surface area (Å²) in [4.78, 5) is 44.7. The van der Waals surface area contributed by atoms with Crippen LogP contribution in [-0.2, 0) is 14.4 Å². The van der Waals surface area contributed by atoms with Gasteiger partial charge < -0.3 is 9.41 Å². The predicted octanol–water partition coefficient (Wildman–Crippen LogP) is 1.64. The summed E-state index contributed by atoms with van der Waals surface area (Å²) < 4.78 is 30.9. The van der Waals surface area contributed by atoms with Crippen LogP contribution in [0.3, 0.4) is 0 Å². The predicted molar refractivity (Wildman–Crippen MR) is 128 cm³/mol. The van der Waals surface area contributed by atoms with Gasteiger partial charge in [0.05, 0.1) is 40.2 Å². The molecular formula is C19H25N6O7SSi. The second-order valence-corrected chi connectivity index (χ2v) is 12.8. The standard InChI is InChI=1S/C19H25N6O7SSi/c1-19(2,3)16(32-34(5)6)13-9-23(10-20-13)14-7-11-12(8-15(14)25(28)29)21-18(27)24(17(11)26)22-33(4,30)31/h7-10,16,22H,1-6H3,(H,21,27). The molecule has 1 unspecified atom stereocenters. The summed E-state index contributed by atoms with van der Waals surface area (Å²) in [6.07, 6.45) is 3.38. The van der Waals surface area contributed by atoms with Gasteiger partial charge in [-0.25, -0.2) is 23.0 Å². The molecule has 0 amide bonds. The number of aromatic nitrogens is 4. The van der Waals surface area contributed by atoms with E-state index in [9.17, 15) is 28.1 Å². The maximum atomic E-state index is 12.9. The third-order valence-corrected chi connectivity index (χ3v) is 5.96. The number of aromatic amines is 1. The molecule has 34 heavy (non-hydrogen) atoms. The third-order valence-electron chi connectivity index (χ3n) is 4.74. The van der Waals surface area contributed by atoms with Gasteiger partial charge in [0, 0.05) is 12.3 Å². The number of sulfonamides is 1. The second kappa shape index (κ2) is 8.81. The van der Waals surface area contributed by atoms with Gasteiger partial charge in [-0.2, -0.15) is 4.68 Å². The lowest BCUT2D eigenvalue weighted by Crippen LogP contribution is -2.43. The number of fused-ring (bicyclic) bond motifs is 1. The first-order valence-electron chi connectivity index (χ1n) is 10.0. The highest BCUT2D eigenvalue weighted by Crippen LogP contribution is 2.36. The molecule has 0 aliphatic heterocycles. The zero-order valence-corrected chi connectivity index (χ0v) is 21.3. The van der Waals surface area contributed by atoms with Crippen LogP contribution in [0.5, 0.6) is 0 Å². The van der Waals surface area contributed by atoms with E-state index in [1.807, 2.05) is 38.7 Å². The number of rotatable bonds is 7. The van der Waals surface area contributed by atoms with Gasteiger partial charge in [-0.15, -0.1) is 0 Å². The average molecular weight is 510 g/mol. The Kier molecular flexibility index (Phi) is 6.56. The molecule has 0 spiro atoms. The molecule has 15 heteroatoms. The first-order chi connectivity index (χ1) is 15.6. The van der Waals surface area contributed by atoms with E-state index in [1.54, 1.807) is 6.20 Å². The molecule has 0 aliphatic rings. The highest BCUT2D eigenvalue weighted by molar-refractivity contribution is 7.91. The topological polar surface area (TPSA) is 171 Å². The summed E-state index contributed by atoms with van der Waals surface area (Å²) in [6.45, 7) is 9.96. The Morgan fingerprint density at radius 1 is 1.26 bits per heavy atom. The number of nitro benzene ring substituents is 1. The van der Waals surface area contributed by atoms with Crippen molar-refractivity contribution in [2.24, 2.45) is 5.41 Å². The van der Waals surface area contributed by atoms with Gasteiger partial charge in [0.25, 0.3) is 11.2 Å². The van der Waals surface area contributed by atoms with Crippen LogP contribution < -0.4 is 16.1 Å². The third kappa shape index (κ3) is 5.26. The van der Waals surface area contributed by atoms with E-state index in [0.29, 0.717) is 10.4 Å². The van der Waals surface area contributed by atoms with Crippen molar-refractivity contribution in [1.82, 2.24) is 19.2 Å². The summed E-state index contributed by atoms with van der Waals surface area (Å²) in [5.74, 6) is 0. The number of nitro groups is 1. The molecule has 0 saturated carbocycles. The van der Waals surface area contributed by atoms with Crippen molar-refractivity contribution in [2.45, 2.75) is 40.0 Å². The Balaban J connectivity index is 2.25. The molecule has 0 bridgehead atoms. The van der Waals surface area contributed by atoms with Crippen LogP contribution in [0.1, 0.15) is 32.6 Å². The van der Waals surface area contributed by atoms with Crippen molar-refractivity contribution in [3.63, 3.8) is 0 Å². The van der Waals surface area contributed by atoms with E-state index in [4.69, 9.17) is 4.43 Å². The number of hydrogen-bond donors (Lipinski definition) is 2. The van der Waals surface area contributed by atoms with Gasteiger partial charge in [0.2, 0.25) is 19.1 Å². The summed E-state index contributed by atoms with van der Waals surface area (Å²) in [7, 11) is -5.03. The maximum absolute atomic E-state index is 12.9. The molecule has 3 aromatic rings. The van der Waals surface area contributed by atoms with Gasteiger partial charge in [-0.3, -0.25) is 19.5 Å². The van der Waals surface area contributed by atoms with Crippen molar-refractivity contribution < 1.29 is 17.8 Å². The molecule has 1 radical (unpaired) electrons. The Morgan fingerprint density at radius 2 is 1.91 bits per heavy atom. The van der Waals surface area contributed by atoms with E-state index in [0.717, 1.165) is 12.3 Å². The Bertz CT molecular complexity index is 1480. The molecule has 0 aliphatic carbocycles. The van der Waals surface area contributed by atoms with E-state index in [-0.39, 0.29) is 33.8 Å². The minimum Gasteiger partial charge on any atom is -0.408 e. The van der Waals surface area contributed by atoms with Crippen molar-refractivity contribution in [2.75, 3.05) is 11.1 Å². The fourth-order valence-electron chi connectivity index (χ4n) is 3.36. The minimum atomic E-state index is -3.95. The molecule has 2 N–H and O–H groups in total. The van der Waals surface area contributed by atoms with E-state index in [2.05, 4.69) is 9.97 Å². The lowest BCUT2D eigenvalue weighted by Gasteiger charge is -2.31. The van der Waals surface area contributed by atoms with E-state index < -0.39 is 35.2 Å². The lowest BCUT2D eigenvalue weighted by molar-refractivity contribution is -0.384. The number of nitrogens with zero attached hydrogens (tertiary/aromatic N) is 4. The molecule has 183 valence electrons. The quantitative estimate of drug-likeness (QED) is 0.275. The van der Waals surface area contributed by atoms with Gasteiger partial charge in [-0.05, 0) is 24.6 Å². The number of benzene rings is 1. The monoisotopic (exact) mass is 509 g/mol. The lowest BCUT2D eigenvalue weighted by atomic mass is 9.87. The van der Waals surface area contributed by atoms with Crippen LogP contribution in [0.25, 0.3) is 16.6 Å². The van der Waals surface area contributed by atoms with Gasteiger partial charge in [0.1, 0.15) is 5.69 Å². The summed E-state index contributed by atoms with van der Waals surface area (Å²) in [5.41, 5.74) is -2.30. The first-order valence-corrected chi connectivity index (χ1v) is 14.3. The van der Waals surface area contributed by atoms with Crippen LogP contribution in [0.4, 0.5) is 5.69 Å². The molecule has 1 aromatic carbocycles. The largest absolute Gasteiger partial charge is 0.408 e. The zero-order chi connectivity index (χ0) is 25.6. The fourth-order valence-corrected chi connectivity index (χ4v) is 4.81. The minimum absolute atomic E-state index is 0.0116. The van der Waals surface area contributed by atoms with Crippen LogP contribution in [0.2, 0.25) is 13.1 Å². The van der Waals surface area contributed by atoms with E-state index in [1.165, 1.54) is 17.0 Å². The van der Waals surface area contributed by atoms with Crippen LogP contribution in [0.15, 0.2) is 34.2 Å². The van der Waals surface area contributed by atoms with Crippen LogP contribution >= 0.6 is 0 Å². The van der Waals surface area contributed by atoms with Crippen LogP contribution in [0, 0.1) is 15.5 Å². The zero-order valence-electron chi connectivity index (χ0n) is 19.4.